The number of amides is 2. The molecule has 0 bridgehead atoms. The highest BCUT2D eigenvalue weighted by atomic mass is 16.5. The highest BCUT2D eigenvalue weighted by molar-refractivity contribution is 6.36. The van der Waals surface area contributed by atoms with Gasteiger partial charge in [-0.2, -0.15) is 0 Å². The molecule has 0 saturated heterocycles. The van der Waals surface area contributed by atoms with E-state index >= 15 is 0 Å². The predicted octanol–water partition coefficient (Wildman–Crippen LogP) is 4.70. The summed E-state index contributed by atoms with van der Waals surface area (Å²) in [6.45, 7) is 4.18. The summed E-state index contributed by atoms with van der Waals surface area (Å²) in [5.74, 6) is 0.0394. The number of ether oxygens (including phenoxy) is 1. The van der Waals surface area contributed by atoms with Gasteiger partial charge in [-0.15, -0.1) is 0 Å². The van der Waals surface area contributed by atoms with Crippen LogP contribution in [0, 0.1) is 13.8 Å². The van der Waals surface area contributed by atoms with Crippen molar-refractivity contribution in [3.05, 3.63) is 101 Å². The number of anilines is 1. The molecular formula is C26H24N2O3. The molecule has 0 aliphatic carbocycles. The first-order chi connectivity index (χ1) is 15.0. The molecule has 0 saturated carbocycles. The molecule has 0 fully saturated rings. The van der Waals surface area contributed by atoms with Gasteiger partial charge in [0.05, 0.1) is 19.2 Å². The molecule has 1 aliphatic heterocycles. The minimum Gasteiger partial charge on any atom is -0.497 e. The molecule has 5 heteroatoms. The Hall–Kier alpha value is -3.86. The van der Waals surface area contributed by atoms with Gasteiger partial charge in [-0.1, -0.05) is 60.2 Å². The lowest BCUT2D eigenvalue weighted by Gasteiger charge is -2.16. The number of carbonyl (C=O) groups is 2. The van der Waals surface area contributed by atoms with Crippen LogP contribution in [0.15, 0.2) is 78.5 Å². The van der Waals surface area contributed by atoms with Crippen LogP contribution in [0.2, 0.25) is 0 Å². The number of benzene rings is 3. The quantitative estimate of drug-likeness (QED) is 0.596. The zero-order chi connectivity index (χ0) is 22.0. The second-order valence-electron chi connectivity index (χ2n) is 7.60. The van der Waals surface area contributed by atoms with Gasteiger partial charge in [-0.25, -0.2) is 0 Å². The molecule has 1 N–H and O–H groups in total. The minimum atomic E-state index is -0.334. The standard InChI is InChI=1S/C26H24N2O3/c1-17-8-10-19(11-9-17)16-28-25(29)23(20-12-14-21(31-3)15-13-20)24(26(28)30)27-22-7-5-4-6-18(22)2/h4-15,27H,16H2,1-3H3. The average molecular weight is 412 g/mol. The molecule has 0 unspecified atom stereocenters. The number of nitrogens with one attached hydrogen (secondary N) is 1. The van der Waals surface area contributed by atoms with Crippen molar-refractivity contribution in [3.63, 3.8) is 0 Å². The lowest BCUT2D eigenvalue weighted by molar-refractivity contribution is -0.137. The molecule has 3 aromatic carbocycles. The molecule has 156 valence electrons. The van der Waals surface area contributed by atoms with Crippen molar-refractivity contribution in [3.8, 4) is 5.75 Å². The largest absolute Gasteiger partial charge is 0.497 e. The normalized spacial score (nSPS) is 13.7. The number of hydrogen-bond acceptors (Lipinski definition) is 4. The monoisotopic (exact) mass is 412 g/mol. The van der Waals surface area contributed by atoms with Gasteiger partial charge in [-0.3, -0.25) is 14.5 Å². The van der Waals surface area contributed by atoms with E-state index in [9.17, 15) is 9.59 Å². The number of hydrogen-bond donors (Lipinski definition) is 1. The first kappa shape index (κ1) is 20.4. The number of rotatable bonds is 6. The van der Waals surface area contributed by atoms with Gasteiger partial charge >= 0.3 is 0 Å². The average Bonchev–Trinajstić information content (AvgIpc) is 3.01. The van der Waals surface area contributed by atoms with Gasteiger partial charge in [0.15, 0.2) is 0 Å². The van der Waals surface area contributed by atoms with Crippen LogP contribution in [0.5, 0.6) is 5.75 Å². The molecule has 0 spiro atoms. The van der Waals surface area contributed by atoms with Crippen LogP contribution in [0.1, 0.15) is 22.3 Å². The summed E-state index contributed by atoms with van der Waals surface area (Å²) in [4.78, 5) is 28.1. The Bertz CT molecular complexity index is 1160. The predicted molar refractivity (Wildman–Crippen MR) is 121 cm³/mol. The lowest BCUT2D eigenvalue weighted by Crippen LogP contribution is -2.32. The van der Waals surface area contributed by atoms with Crippen molar-refractivity contribution in [1.82, 2.24) is 4.90 Å². The first-order valence-corrected chi connectivity index (χ1v) is 10.1. The fourth-order valence-electron chi connectivity index (χ4n) is 3.58. The zero-order valence-electron chi connectivity index (χ0n) is 17.8. The fraction of sp³-hybridized carbons (Fsp3) is 0.154. The highest BCUT2D eigenvalue weighted by Crippen LogP contribution is 2.33. The second-order valence-corrected chi connectivity index (χ2v) is 7.60. The van der Waals surface area contributed by atoms with Crippen LogP contribution in [-0.2, 0) is 16.1 Å². The number of imide groups is 1. The third-order valence-electron chi connectivity index (χ3n) is 5.41. The number of methoxy groups -OCH3 is 1. The third-order valence-corrected chi connectivity index (χ3v) is 5.41. The van der Waals surface area contributed by atoms with Crippen molar-refractivity contribution < 1.29 is 14.3 Å². The van der Waals surface area contributed by atoms with Crippen molar-refractivity contribution in [1.29, 1.82) is 0 Å². The van der Waals surface area contributed by atoms with Gasteiger partial charge in [-0.05, 0) is 48.7 Å². The summed E-state index contributed by atoms with van der Waals surface area (Å²) in [6.07, 6.45) is 0. The molecule has 5 nitrogen and oxygen atoms in total. The topological polar surface area (TPSA) is 58.6 Å². The summed E-state index contributed by atoms with van der Waals surface area (Å²) in [5.41, 5.74) is 5.13. The molecule has 31 heavy (non-hydrogen) atoms. The van der Waals surface area contributed by atoms with Crippen molar-refractivity contribution in [2.75, 3.05) is 12.4 Å². The van der Waals surface area contributed by atoms with Gasteiger partial charge in [0.2, 0.25) is 0 Å². The zero-order valence-corrected chi connectivity index (χ0v) is 17.8. The Morgan fingerprint density at radius 1 is 0.839 bits per heavy atom. The summed E-state index contributed by atoms with van der Waals surface area (Å²) in [6, 6.07) is 22.7. The van der Waals surface area contributed by atoms with Gasteiger partial charge in [0.1, 0.15) is 11.4 Å². The Labute approximate surface area is 182 Å². The van der Waals surface area contributed by atoms with Gasteiger partial charge in [0.25, 0.3) is 11.8 Å². The molecule has 0 aromatic heterocycles. The van der Waals surface area contributed by atoms with Gasteiger partial charge < -0.3 is 10.1 Å². The van der Waals surface area contributed by atoms with Crippen molar-refractivity contribution >= 4 is 23.1 Å². The Morgan fingerprint density at radius 2 is 1.52 bits per heavy atom. The third kappa shape index (κ3) is 4.08. The summed E-state index contributed by atoms with van der Waals surface area (Å²) in [5, 5.41) is 3.23. The Morgan fingerprint density at radius 3 is 2.16 bits per heavy atom. The van der Waals surface area contributed by atoms with E-state index in [0.717, 1.165) is 22.4 Å². The van der Waals surface area contributed by atoms with E-state index < -0.39 is 0 Å². The highest BCUT2D eigenvalue weighted by Gasteiger charge is 2.39. The Balaban J connectivity index is 1.74. The van der Waals surface area contributed by atoms with E-state index in [0.29, 0.717) is 16.9 Å². The van der Waals surface area contributed by atoms with Crippen molar-refractivity contribution in [2.45, 2.75) is 20.4 Å². The van der Waals surface area contributed by atoms with Gasteiger partial charge in [0, 0.05) is 5.69 Å². The molecule has 3 aromatic rings. The van der Waals surface area contributed by atoms with E-state index in [1.165, 1.54) is 4.90 Å². The van der Waals surface area contributed by atoms with Crippen LogP contribution in [0.25, 0.3) is 5.57 Å². The molecule has 1 heterocycles. The maximum atomic E-state index is 13.4. The summed E-state index contributed by atoms with van der Waals surface area (Å²) in [7, 11) is 1.59. The molecular weight excluding hydrogens is 388 g/mol. The molecule has 0 atom stereocenters. The van der Waals surface area contributed by atoms with E-state index in [4.69, 9.17) is 4.74 Å². The molecule has 4 rings (SSSR count). The van der Waals surface area contributed by atoms with E-state index in [2.05, 4.69) is 5.32 Å². The summed E-state index contributed by atoms with van der Waals surface area (Å²) >= 11 is 0. The van der Waals surface area contributed by atoms with Crippen LogP contribution >= 0.6 is 0 Å². The smallest absolute Gasteiger partial charge is 0.278 e. The SMILES string of the molecule is COc1ccc(C2=C(Nc3ccccc3C)C(=O)N(Cc3ccc(C)cc3)C2=O)cc1. The maximum Gasteiger partial charge on any atom is 0.278 e. The van der Waals surface area contributed by atoms with E-state index in [1.54, 1.807) is 31.4 Å². The molecule has 1 aliphatic rings. The van der Waals surface area contributed by atoms with Crippen LogP contribution in [-0.4, -0.2) is 23.8 Å². The lowest BCUT2D eigenvalue weighted by atomic mass is 10.0. The van der Waals surface area contributed by atoms with Crippen LogP contribution in [0.4, 0.5) is 5.69 Å². The molecule has 0 radical (unpaired) electrons. The van der Waals surface area contributed by atoms with Crippen molar-refractivity contribution in [2.24, 2.45) is 0 Å². The maximum absolute atomic E-state index is 13.4. The van der Waals surface area contributed by atoms with E-state index in [1.807, 2.05) is 62.4 Å². The number of para-hydroxylation sites is 1. The minimum absolute atomic E-state index is 0.219. The Kier molecular flexibility index (Phi) is 5.58. The number of carbonyl (C=O) groups excluding carboxylic acids is 2. The number of nitrogens with zero attached hydrogens (tertiary/aromatic N) is 1. The second kappa shape index (κ2) is 8.48. The fourth-order valence-corrected chi connectivity index (χ4v) is 3.58. The van der Waals surface area contributed by atoms with Crippen LogP contribution in [0.3, 0.4) is 0 Å². The first-order valence-electron chi connectivity index (χ1n) is 10.1. The summed E-state index contributed by atoms with van der Waals surface area (Å²) < 4.78 is 5.23. The molecule has 2 amide bonds. The van der Waals surface area contributed by atoms with Crippen LogP contribution < -0.4 is 10.1 Å². The van der Waals surface area contributed by atoms with E-state index in [-0.39, 0.29) is 24.1 Å². The number of aryl methyl sites for hydroxylation is 2.